The van der Waals surface area contributed by atoms with Crippen LogP contribution in [0.3, 0.4) is 0 Å². The van der Waals surface area contributed by atoms with Crippen LogP contribution in [-0.2, 0) is 22.6 Å². The summed E-state index contributed by atoms with van der Waals surface area (Å²) in [4.78, 5) is 27.4. The van der Waals surface area contributed by atoms with Gasteiger partial charge >= 0.3 is 5.97 Å². The van der Waals surface area contributed by atoms with Crippen molar-refractivity contribution in [3.05, 3.63) is 63.2 Å². The summed E-state index contributed by atoms with van der Waals surface area (Å²) < 4.78 is 11.1. The number of hydrogen-bond donors (Lipinski definition) is 1. The van der Waals surface area contributed by atoms with Crippen LogP contribution in [0.5, 0.6) is 5.75 Å². The van der Waals surface area contributed by atoms with Crippen molar-refractivity contribution >= 4 is 34.6 Å². The van der Waals surface area contributed by atoms with Crippen molar-refractivity contribution in [2.24, 2.45) is 0 Å². The van der Waals surface area contributed by atoms with E-state index in [4.69, 9.17) is 9.47 Å². The minimum absolute atomic E-state index is 0.292. The number of thiophene rings is 2. The number of ether oxygens (including phenoxy) is 2. The predicted octanol–water partition coefficient (Wildman–Crippen LogP) is 4.27. The molecule has 0 radical (unpaired) electrons. The van der Waals surface area contributed by atoms with Crippen LogP contribution in [0.4, 0.5) is 0 Å². The van der Waals surface area contributed by atoms with Crippen molar-refractivity contribution in [2.45, 2.75) is 26.1 Å². The van der Waals surface area contributed by atoms with Gasteiger partial charge in [0.1, 0.15) is 17.2 Å². The number of rotatable bonds is 6. The molecule has 1 N–H and O–H groups in total. The van der Waals surface area contributed by atoms with E-state index in [1.54, 1.807) is 24.3 Å². The van der Waals surface area contributed by atoms with Crippen LogP contribution in [0.2, 0.25) is 0 Å². The summed E-state index contributed by atoms with van der Waals surface area (Å²) >= 11 is 3.02. The minimum Gasteiger partial charge on any atom is -0.488 e. The number of carbonyl (C=O) groups excluding carboxylic acids is 2. The summed E-state index contributed by atoms with van der Waals surface area (Å²) in [6.07, 6.45) is -0.0836. The number of amides is 1. The molecule has 0 bridgehead atoms. The number of hydrogen-bond acceptors (Lipinski definition) is 6. The molecule has 0 unspecified atom stereocenters. The van der Waals surface area contributed by atoms with Crippen LogP contribution in [0.25, 0.3) is 10.4 Å². The topological polar surface area (TPSA) is 64.6 Å². The molecule has 1 atom stereocenters. The van der Waals surface area contributed by atoms with Gasteiger partial charge < -0.3 is 14.8 Å². The molecule has 5 nitrogen and oxygen atoms in total. The van der Waals surface area contributed by atoms with Crippen LogP contribution in [0.15, 0.2) is 47.8 Å². The van der Waals surface area contributed by atoms with Gasteiger partial charge in [0.25, 0.3) is 5.91 Å². The Balaban J connectivity index is 1.36. The quantitative estimate of drug-likeness (QED) is 0.613. The van der Waals surface area contributed by atoms with E-state index >= 15 is 0 Å². The SMILES string of the molecule is C[C@H](OC(=O)c1cc2c(s1)-c1ccccc1OC2)C(=O)NCCc1cccs1. The summed E-state index contributed by atoms with van der Waals surface area (Å²) in [5.41, 5.74) is 1.94. The molecule has 0 saturated heterocycles. The lowest BCUT2D eigenvalue weighted by molar-refractivity contribution is -0.129. The third-order valence-electron chi connectivity index (χ3n) is 4.43. The molecule has 0 fully saturated rings. The first-order valence-electron chi connectivity index (χ1n) is 8.98. The van der Waals surface area contributed by atoms with Gasteiger partial charge in [-0.05, 0) is 43.0 Å². The first-order chi connectivity index (χ1) is 13.6. The smallest absolute Gasteiger partial charge is 0.349 e. The summed E-state index contributed by atoms with van der Waals surface area (Å²) in [5, 5.41) is 4.82. The van der Waals surface area contributed by atoms with Gasteiger partial charge in [-0.15, -0.1) is 22.7 Å². The van der Waals surface area contributed by atoms with E-state index in [1.165, 1.54) is 16.2 Å². The first kappa shape index (κ1) is 18.7. The molecule has 1 aliphatic rings. The molecule has 2 aromatic heterocycles. The largest absolute Gasteiger partial charge is 0.488 e. The Morgan fingerprint density at radius 2 is 2.11 bits per heavy atom. The summed E-state index contributed by atoms with van der Waals surface area (Å²) in [7, 11) is 0. The van der Waals surface area contributed by atoms with Gasteiger partial charge in [-0.2, -0.15) is 0 Å². The Bertz CT molecular complexity index is 994. The van der Waals surface area contributed by atoms with Crippen LogP contribution in [0.1, 0.15) is 27.0 Å². The Hall–Kier alpha value is -2.64. The van der Waals surface area contributed by atoms with E-state index in [9.17, 15) is 9.59 Å². The molecule has 3 heterocycles. The van der Waals surface area contributed by atoms with Crippen LogP contribution in [0, 0.1) is 0 Å². The lowest BCUT2D eigenvalue weighted by Gasteiger charge is -2.16. The van der Waals surface area contributed by atoms with E-state index in [2.05, 4.69) is 5.32 Å². The van der Waals surface area contributed by atoms with Crippen molar-refractivity contribution < 1.29 is 19.1 Å². The number of benzene rings is 1. The maximum absolute atomic E-state index is 12.5. The van der Waals surface area contributed by atoms with E-state index < -0.39 is 12.1 Å². The summed E-state index contributed by atoms with van der Waals surface area (Å²) in [5.74, 6) is 0.0351. The van der Waals surface area contributed by atoms with Crippen LogP contribution < -0.4 is 10.1 Å². The molecule has 28 heavy (non-hydrogen) atoms. The molecular weight excluding hydrogens is 394 g/mol. The lowest BCUT2D eigenvalue weighted by atomic mass is 10.1. The summed E-state index contributed by atoms with van der Waals surface area (Å²) in [6.45, 7) is 2.53. The fourth-order valence-corrected chi connectivity index (χ4v) is 4.77. The second kappa shape index (κ2) is 8.16. The number of esters is 1. The molecule has 144 valence electrons. The Morgan fingerprint density at radius 3 is 2.93 bits per heavy atom. The van der Waals surface area contributed by atoms with Crippen molar-refractivity contribution in [1.82, 2.24) is 5.32 Å². The number of para-hydroxylation sites is 1. The molecule has 1 aliphatic heterocycles. The zero-order chi connectivity index (χ0) is 19.5. The third-order valence-corrected chi connectivity index (χ3v) is 6.56. The van der Waals surface area contributed by atoms with Crippen molar-refractivity contribution in [3.63, 3.8) is 0 Å². The third kappa shape index (κ3) is 3.95. The van der Waals surface area contributed by atoms with Crippen molar-refractivity contribution in [2.75, 3.05) is 6.54 Å². The van der Waals surface area contributed by atoms with Crippen molar-refractivity contribution in [3.8, 4) is 16.2 Å². The van der Waals surface area contributed by atoms with E-state index in [-0.39, 0.29) is 5.91 Å². The van der Waals surface area contributed by atoms with Gasteiger partial charge in [-0.25, -0.2) is 4.79 Å². The Kier molecular flexibility index (Phi) is 5.45. The molecule has 0 spiro atoms. The molecular formula is C21H19NO4S2. The van der Waals surface area contributed by atoms with E-state index in [0.29, 0.717) is 18.0 Å². The average Bonchev–Trinajstić information content (AvgIpc) is 3.37. The van der Waals surface area contributed by atoms with Gasteiger partial charge in [0.15, 0.2) is 6.10 Å². The van der Waals surface area contributed by atoms with Gasteiger partial charge in [0.05, 0.1) is 0 Å². The highest BCUT2D eigenvalue weighted by Crippen LogP contribution is 2.42. The molecule has 1 aromatic carbocycles. The first-order valence-corrected chi connectivity index (χ1v) is 10.7. The zero-order valence-corrected chi connectivity index (χ0v) is 16.9. The second-order valence-electron chi connectivity index (χ2n) is 6.42. The number of nitrogens with one attached hydrogen (secondary N) is 1. The predicted molar refractivity (Wildman–Crippen MR) is 110 cm³/mol. The molecule has 0 aliphatic carbocycles. The van der Waals surface area contributed by atoms with E-state index in [0.717, 1.165) is 28.2 Å². The second-order valence-corrected chi connectivity index (χ2v) is 8.50. The van der Waals surface area contributed by atoms with Gasteiger partial charge in [0, 0.05) is 27.4 Å². The highest BCUT2D eigenvalue weighted by Gasteiger charge is 2.25. The molecule has 0 saturated carbocycles. The molecule has 7 heteroatoms. The number of fused-ring (bicyclic) bond motifs is 3. The van der Waals surface area contributed by atoms with Gasteiger partial charge in [-0.3, -0.25) is 4.79 Å². The number of carbonyl (C=O) groups is 2. The zero-order valence-electron chi connectivity index (χ0n) is 15.3. The summed E-state index contributed by atoms with van der Waals surface area (Å²) in [6, 6.07) is 13.6. The highest BCUT2D eigenvalue weighted by molar-refractivity contribution is 7.17. The monoisotopic (exact) mass is 413 g/mol. The Labute approximate surface area is 170 Å². The van der Waals surface area contributed by atoms with Crippen LogP contribution in [-0.4, -0.2) is 24.5 Å². The van der Waals surface area contributed by atoms with Crippen molar-refractivity contribution in [1.29, 1.82) is 0 Å². The lowest BCUT2D eigenvalue weighted by Crippen LogP contribution is -2.36. The van der Waals surface area contributed by atoms with E-state index in [1.807, 2.05) is 41.8 Å². The Morgan fingerprint density at radius 1 is 1.25 bits per heavy atom. The maximum Gasteiger partial charge on any atom is 0.349 e. The fourth-order valence-electron chi connectivity index (χ4n) is 2.98. The molecule has 1 amide bonds. The fraction of sp³-hybridized carbons (Fsp3) is 0.238. The normalized spacial score (nSPS) is 13.0. The maximum atomic E-state index is 12.5. The molecule has 3 aromatic rings. The molecule has 4 rings (SSSR count). The van der Waals surface area contributed by atoms with Crippen LogP contribution >= 0.6 is 22.7 Å². The van der Waals surface area contributed by atoms with Gasteiger partial charge in [0.2, 0.25) is 0 Å². The highest BCUT2D eigenvalue weighted by atomic mass is 32.1. The minimum atomic E-state index is -0.849. The van der Waals surface area contributed by atoms with Gasteiger partial charge in [-0.1, -0.05) is 18.2 Å². The average molecular weight is 414 g/mol. The standard InChI is InChI=1S/C21H19NO4S2/c1-13(20(23)22-9-8-15-5-4-10-27-15)26-21(24)18-11-14-12-25-17-7-3-2-6-16(17)19(14)28-18/h2-7,10-11,13H,8-9,12H2,1H3,(H,22,23)/t13-/m0/s1.